The summed E-state index contributed by atoms with van der Waals surface area (Å²) in [5.74, 6) is 1.10. The Hall–Kier alpha value is -3.64. The van der Waals surface area contributed by atoms with Crippen LogP contribution in [0.25, 0.3) is 0 Å². The van der Waals surface area contributed by atoms with Gasteiger partial charge in [-0.05, 0) is 54.9 Å². The van der Waals surface area contributed by atoms with E-state index in [-0.39, 0.29) is 5.92 Å². The van der Waals surface area contributed by atoms with Gasteiger partial charge in [-0.25, -0.2) is 0 Å². The van der Waals surface area contributed by atoms with E-state index in [4.69, 9.17) is 0 Å². The summed E-state index contributed by atoms with van der Waals surface area (Å²) in [6.45, 7) is 15.1. The minimum absolute atomic E-state index is 0.208. The Balaban J connectivity index is 1.38. The summed E-state index contributed by atoms with van der Waals surface area (Å²) >= 11 is 0. The number of allylic oxidation sites excluding steroid dienone is 7. The molecular formula is C36H38. The molecule has 0 saturated carbocycles. The van der Waals surface area contributed by atoms with E-state index in [0.29, 0.717) is 11.8 Å². The Morgan fingerprint density at radius 3 is 2.00 bits per heavy atom. The number of benzene rings is 3. The van der Waals surface area contributed by atoms with Gasteiger partial charge in [0.2, 0.25) is 0 Å². The van der Waals surface area contributed by atoms with Gasteiger partial charge in [0.1, 0.15) is 0 Å². The van der Waals surface area contributed by atoms with Crippen LogP contribution in [-0.4, -0.2) is 0 Å². The quantitative estimate of drug-likeness (QED) is 0.245. The predicted molar refractivity (Wildman–Crippen MR) is 156 cm³/mol. The van der Waals surface area contributed by atoms with Crippen LogP contribution in [0.15, 0.2) is 151 Å². The summed E-state index contributed by atoms with van der Waals surface area (Å²) in [7, 11) is 0. The molecule has 0 radical (unpaired) electrons. The highest BCUT2D eigenvalue weighted by molar-refractivity contribution is 5.43. The van der Waals surface area contributed by atoms with E-state index in [1.807, 2.05) is 0 Å². The average Bonchev–Trinajstić information content (AvgIpc) is 3.33. The van der Waals surface area contributed by atoms with Crippen molar-refractivity contribution in [2.75, 3.05) is 0 Å². The first-order chi connectivity index (χ1) is 17.5. The molecule has 0 bridgehead atoms. The molecular weight excluding hydrogens is 432 g/mol. The largest absolute Gasteiger partial charge is 0.0995 e. The van der Waals surface area contributed by atoms with Crippen LogP contribution in [0.2, 0.25) is 0 Å². The van der Waals surface area contributed by atoms with Crippen molar-refractivity contribution < 1.29 is 0 Å². The van der Waals surface area contributed by atoms with E-state index in [1.54, 1.807) is 0 Å². The monoisotopic (exact) mass is 470 g/mol. The Morgan fingerprint density at radius 2 is 1.39 bits per heavy atom. The van der Waals surface area contributed by atoms with Crippen molar-refractivity contribution in [3.05, 3.63) is 168 Å². The first-order valence-electron chi connectivity index (χ1n) is 13.1. The van der Waals surface area contributed by atoms with E-state index in [1.165, 1.54) is 33.4 Å². The highest BCUT2D eigenvalue weighted by atomic mass is 14.3. The van der Waals surface area contributed by atoms with E-state index in [9.17, 15) is 0 Å². The van der Waals surface area contributed by atoms with Crippen LogP contribution in [0, 0.1) is 0 Å². The summed E-state index contributed by atoms with van der Waals surface area (Å²) in [6, 6.07) is 32.4. The minimum Gasteiger partial charge on any atom is -0.0995 e. The molecule has 0 nitrogen and oxygen atoms in total. The zero-order chi connectivity index (χ0) is 25.3. The Labute approximate surface area is 218 Å². The average molecular weight is 471 g/mol. The summed E-state index contributed by atoms with van der Waals surface area (Å²) in [5, 5.41) is 0. The van der Waals surface area contributed by atoms with Crippen LogP contribution in [-0.2, 0) is 0 Å². The maximum atomic E-state index is 4.42. The number of hydrogen-bond donors (Lipinski definition) is 0. The fraction of sp³-hybridized carbons (Fsp3) is 0.222. The van der Waals surface area contributed by atoms with Crippen LogP contribution in [0.1, 0.15) is 67.1 Å². The Morgan fingerprint density at radius 1 is 0.806 bits per heavy atom. The van der Waals surface area contributed by atoms with Gasteiger partial charge in [0.15, 0.2) is 0 Å². The second kappa shape index (κ2) is 12.4. The zero-order valence-electron chi connectivity index (χ0n) is 21.6. The normalized spacial score (nSPS) is 18.1. The van der Waals surface area contributed by atoms with Gasteiger partial charge in [-0.1, -0.05) is 146 Å². The van der Waals surface area contributed by atoms with Crippen molar-refractivity contribution >= 4 is 0 Å². The molecule has 0 spiro atoms. The van der Waals surface area contributed by atoms with Crippen LogP contribution < -0.4 is 0 Å². The molecule has 0 amide bonds. The molecule has 1 aliphatic carbocycles. The fourth-order valence-corrected chi connectivity index (χ4v) is 5.38. The van der Waals surface area contributed by atoms with Gasteiger partial charge in [0, 0.05) is 17.8 Å². The summed E-state index contributed by atoms with van der Waals surface area (Å²) in [4.78, 5) is 0. The second-order valence-corrected chi connectivity index (χ2v) is 10.1. The first-order valence-corrected chi connectivity index (χ1v) is 13.1. The molecule has 3 aromatic carbocycles. The van der Waals surface area contributed by atoms with Gasteiger partial charge in [-0.3, -0.25) is 0 Å². The SMILES string of the molecule is C=C(CC=CC1=CC(c2ccccc2)CC1c1ccccc1)CCC(=C)C(C(=C)C)c1ccccc1. The van der Waals surface area contributed by atoms with E-state index in [2.05, 4.69) is 136 Å². The summed E-state index contributed by atoms with van der Waals surface area (Å²) in [5.41, 5.74) is 9.09. The van der Waals surface area contributed by atoms with Crippen molar-refractivity contribution in [1.29, 1.82) is 0 Å². The lowest BCUT2D eigenvalue weighted by molar-refractivity contribution is 0.712. The Bertz CT molecular complexity index is 1220. The van der Waals surface area contributed by atoms with E-state index < -0.39 is 0 Å². The number of hydrogen-bond acceptors (Lipinski definition) is 0. The molecule has 0 fully saturated rings. The molecule has 1 aliphatic rings. The third-order valence-electron chi connectivity index (χ3n) is 7.27. The van der Waals surface area contributed by atoms with E-state index >= 15 is 0 Å². The van der Waals surface area contributed by atoms with Crippen molar-refractivity contribution in [3.63, 3.8) is 0 Å². The van der Waals surface area contributed by atoms with Gasteiger partial charge in [0.05, 0.1) is 0 Å². The molecule has 3 atom stereocenters. The minimum atomic E-state index is 0.208. The molecule has 4 rings (SSSR count). The highest BCUT2D eigenvalue weighted by Crippen LogP contribution is 2.43. The molecule has 3 unspecified atom stereocenters. The zero-order valence-corrected chi connectivity index (χ0v) is 21.6. The standard InChI is InChI=1S/C36H38/c1-27(2)36(32-20-12-7-13-21-32)29(4)24-23-28(3)15-14-22-33-25-34(30-16-8-5-9-17-30)26-35(33)31-18-10-6-11-19-31/h5-14,16-22,25,34-36H,1,3-4,15,23-24,26H2,2H3. The summed E-state index contributed by atoms with van der Waals surface area (Å²) < 4.78 is 0. The highest BCUT2D eigenvalue weighted by Gasteiger charge is 2.27. The smallest absolute Gasteiger partial charge is 0.0249 e. The molecule has 36 heavy (non-hydrogen) atoms. The van der Waals surface area contributed by atoms with Crippen LogP contribution in [0.4, 0.5) is 0 Å². The van der Waals surface area contributed by atoms with Gasteiger partial charge in [0.25, 0.3) is 0 Å². The van der Waals surface area contributed by atoms with Gasteiger partial charge in [-0.15, -0.1) is 0 Å². The van der Waals surface area contributed by atoms with Crippen LogP contribution in [0.3, 0.4) is 0 Å². The van der Waals surface area contributed by atoms with Gasteiger partial charge >= 0.3 is 0 Å². The maximum absolute atomic E-state index is 4.42. The molecule has 3 aromatic rings. The number of rotatable bonds is 11. The first kappa shape index (κ1) is 25.5. The lowest BCUT2D eigenvalue weighted by atomic mass is 9.84. The molecule has 0 aromatic heterocycles. The topological polar surface area (TPSA) is 0 Å². The molecule has 0 N–H and O–H groups in total. The molecule has 182 valence electrons. The third kappa shape index (κ3) is 6.52. The van der Waals surface area contributed by atoms with Crippen molar-refractivity contribution in [2.45, 2.75) is 50.4 Å². The van der Waals surface area contributed by atoms with Gasteiger partial charge < -0.3 is 0 Å². The molecule has 0 aliphatic heterocycles. The predicted octanol–water partition coefficient (Wildman–Crippen LogP) is 10.1. The fourth-order valence-electron chi connectivity index (χ4n) is 5.38. The van der Waals surface area contributed by atoms with Gasteiger partial charge in [-0.2, -0.15) is 0 Å². The van der Waals surface area contributed by atoms with E-state index in [0.717, 1.165) is 31.3 Å². The molecule has 0 heteroatoms. The van der Waals surface area contributed by atoms with Crippen molar-refractivity contribution in [3.8, 4) is 0 Å². The molecule has 0 heterocycles. The Kier molecular flexibility index (Phi) is 8.74. The second-order valence-electron chi connectivity index (χ2n) is 10.1. The summed E-state index contributed by atoms with van der Waals surface area (Å²) in [6.07, 6.45) is 11.0. The lowest BCUT2D eigenvalue weighted by Crippen LogP contribution is -2.03. The lowest BCUT2D eigenvalue weighted by Gasteiger charge is -2.21. The maximum Gasteiger partial charge on any atom is 0.0249 e. The van der Waals surface area contributed by atoms with Crippen molar-refractivity contribution in [1.82, 2.24) is 0 Å². The third-order valence-corrected chi connectivity index (χ3v) is 7.27. The van der Waals surface area contributed by atoms with Crippen molar-refractivity contribution in [2.24, 2.45) is 0 Å². The molecule has 0 saturated heterocycles. The van der Waals surface area contributed by atoms with Crippen LogP contribution >= 0.6 is 0 Å². The van der Waals surface area contributed by atoms with Crippen LogP contribution in [0.5, 0.6) is 0 Å².